The van der Waals surface area contributed by atoms with Gasteiger partial charge in [0.1, 0.15) is 24.6 Å². The highest BCUT2D eigenvalue weighted by Gasteiger charge is 2.17. The second-order valence-electron chi connectivity index (χ2n) is 22.5. The maximum absolute atomic E-state index is 13.1. The third-order valence-electron chi connectivity index (χ3n) is 13.2. The molecule has 0 spiro atoms. The molecule has 0 aliphatic rings. The normalized spacial score (nSPS) is 11.4. The molecule has 0 atom stereocenters. The van der Waals surface area contributed by atoms with Crippen molar-refractivity contribution in [2.75, 3.05) is 46.3 Å². The fourth-order valence-corrected chi connectivity index (χ4v) is 8.59. The number of carbonyl (C=O) groups excluding carboxylic acids is 1. The molecule has 0 aliphatic carbocycles. The Morgan fingerprint density at radius 3 is 1.45 bits per heavy atom. The van der Waals surface area contributed by atoms with Gasteiger partial charge in [0.15, 0.2) is 22.6 Å². The number of nitrogens with two attached hydrogens (primary N) is 2. The van der Waals surface area contributed by atoms with Crippen molar-refractivity contribution in [3.63, 3.8) is 0 Å². The number of nitrogens with one attached hydrogen (secondary N) is 2. The zero-order chi connectivity index (χ0) is 70.0. The Morgan fingerprint density at radius 1 is 0.604 bits per heavy atom. The Balaban J connectivity index is 0.000000216. The Bertz CT molecular complexity index is 4210. The number of rotatable bonds is 24. The number of unbranched alkanes of at least 4 members (excludes halogenated alkanes) is 4. The SMILES string of the molecule is CCCCc1cn2[nH]c(=O)ccc2n1.CCCCc1cn2nc(OC)ccc2n1.CCCCc1cn2nc(OC/C(=C/F)CN)ccc2n1.CCCCc1cn2nc(OC/C(=C/F)CNC(=O)OC(C)(C)C)ccc2n1.COc1ccc(N)nn1.Cc1ccc(S(=O)(=O)O)cc1. The summed E-state index contributed by atoms with van der Waals surface area (Å²) in [6.45, 7) is 15.9. The van der Waals surface area contributed by atoms with Gasteiger partial charge in [0.05, 0.1) is 79.3 Å². The monoisotopic (exact) mass is 1350 g/mol. The Morgan fingerprint density at radius 2 is 1.03 bits per heavy atom. The zero-order valence-electron chi connectivity index (χ0n) is 56.1. The molecular weight excluding hydrogens is 1260 g/mol. The largest absolute Gasteiger partial charge is 0.480 e. The van der Waals surface area contributed by atoms with Crippen molar-refractivity contribution in [2.24, 2.45) is 5.73 Å². The number of aryl methyl sites for hydroxylation is 5. The van der Waals surface area contributed by atoms with Gasteiger partial charge in [0.2, 0.25) is 23.5 Å². The number of fused-ring (bicyclic) bond motifs is 4. The number of halogens is 2. The Labute approximate surface area is 557 Å². The third kappa shape index (κ3) is 27.2. The molecule has 10 rings (SSSR count). The molecule has 0 saturated heterocycles. The lowest BCUT2D eigenvalue weighted by molar-refractivity contribution is 0.0531. The number of hydrogen-bond acceptors (Lipinski definition) is 20. The topological polar surface area (TPSA) is 348 Å². The van der Waals surface area contributed by atoms with E-state index in [2.05, 4.69) is 83.5 Å². The number of carbonyl (C=O) groups is 1. The minimum absolute atomic E-state index is 0.0140. The van der Waals surface area contributed by atoms with Gasteiger partial charge in [-0.25, -0.2) is 51.6 Å². The van der Waals surface area contributed by atoms with E-state index in [4.69, 9.17) is 39.7 Å². The van der Waals surface area contributed by atoms with Gasteiger partial charge in [-0.3, -0.25) is 14.4 Å². The molecule has 9 aromatic heterocycles. The summed E-state index contributed by atoms with van der Waals surface area (Å²) >= 11 is 0. The lowest BCUT2D eigenvalue weighted by Gasteiger charge is -2.20. The van der Waals surface area contributed by atoms with E-state index in [0.29, 0.717) is 47.6 Å². The van der Waals surface area contributed by atoms with Crippen LogP contribution in [0.4, 0.5) is 19.4 Å². The van der Waals surface area contributed by atoms with E-state index in [1.165, 1.54) is 38.2 Å². The van der Waals surface area contributed by atoms with Crippen LogP contribution in [0.3, 0.4) is 0 Å². The predicted octanol–water partition coefficient (Wildman–Crippen LogP) is 10.8. The number of H-pyrrole nitrogens is 1. The van der Waals surface area contributed by atoms with Crippen molar-refractivity contribution in [3.8, 4) is 23.5 Å². The average molecular weight is 1350 g/mol. The fourth-order valence-electron chi connectivity index (χ4n) is 8.11. The summed E-state index contributed by atoms with van der Waals surface area (Å²) in [7, 11) is -0.877. The van der Waals surface area contributed by atoms with E-state index in [1.807, 2.05) is 49.9 Å². The van der Waals surface area contributed by atoms with Gasteiger partial charge in [-0.2, -0.15) is 8.42 Å². The first-order chi connectivity index (χ1) is 46.0. The molecule has 10 aromatic rings. The number of benzene rings is 1. The molecule has 1 amide bonds. The van der Waals surface area contributed by atoms with E-state index in [1.54, 1.807) is 94.5 Å². The van der Waals surface area contributed by atoms with Crippen molar-refractivity contribution in [2.45, 2.75) is 143 Å². The number of aromatic amines is 1. The van der Waals surface area contributed by atoms with Crippen molar-refractivity contribution < 1.29 is 50.2 Å². The van der Waals surface area contributed by atoms with Crippen LogP contribution in [-0.4, -0.2) is 134 Å². The number of alkyl carbamates (subject to hydrolysis) is 1. The highest BCUT2D eigenvalue weighted by atomic mass is 32.2. The van der Waals surface area contributed by atoms with E-state index in [0.717, 1.165) is 115 Å². The number of amides is 1. The van der Waals surface area contributed by atoms with Gasteiger partial charge in [-0.1, -0.05) is 71.1 Å². The van der Waals surface area contributed by atoms with Crippen LogP contribution >= 0.6 is 0 Å². The summed E-state index contributed by atoms with van der Waals surface area (Å²) < 4.78 is 87.6. The number of nitrogen functional groups attached to an aromatic ring is 1. The summed E-state index contributed by atoms with van der Waals surface area (Å²) in [4.78, 5) is 40.4. The van der Waals surface area contributed by atoms with Crippen molar-refractivity contribution in [3.05, 3.63) is 172 Å². The molecule has 0 unspecified atom stereocenters. The summed E-state index contributed by atoms with van der Waals surface area (Å²) in [5.41, 5.74) is 18.8. The minimum atomic E-state index is -4.02. The van der Waals surface area contributed by atoms with Crippen LogP contribution in [0.25, 0.3) is 22.6 Å². The molecule has 30 heteroatoms. The molecule has 9 heterocycles. The number of ether oxygens (including phenoxy) is 5. The number of hydrogen-bond donors (Lipinski definition) is 5. The predicted molar refractivity (Wildman–Crippen MR) is 362 cm³/mol. The molecular formula is C66H89F2N17O10S. The molecule has 518 valence electrons. The minimum Gasteiger partial charge on any atom is -0.480 e. The second kappa shape index (κ2) is 39.7. The molecule has 96 heavy (non-hydrogen) atoms. The molecule has 0 fully saturated rings. The van der Waals surface area contributed by atoms with Crippen LogP contribution in [-0.2, 0) is 40.5 Å². The highest BCUT2D eigenvalue weighted by Crippen LogP contribution is 2.17. The van der Waals surface area contributed by atoms with E-state index in [-0.39, 0.29) is 42.3 Å². The van der Waals surface area contributed by atoms with Crippen LogP contribution < -0.4 is 41.3 Å². The number of imidazole rings is 4. The molecule has 0 radical (unpaired) electrons. The van der Waals surface area contributed by atoms with Gasteiger partial charge in [-0.15, -0.1) is 25.5 Å². The van der Waals surface area contributed by atoms with E-state index in [9.17, 15) is 26.8 Å². The molecule has 27 nitrogen and oxygen atoms in total. The Hall–Kier alpha value is -9.94. The molecule has 0 saturated carbocycles. The standard InChI is InChI=1S/C19H27FN4O3.C14H19FN4O.C11H15N3O.C10H13N3O.C7H8O3S.C5H7N3O/c1-5-6-7-15-12-24-16(22-15)8-9-17(23-24)26-13-14(10-20)11-21-18(25)27-19(2,3)4;1-2-3-4-12-9-19-13(17-12)5-6-14(18-19)20-10-11(7-15)8-16;1-3-4-5-9-8-14-10(12-9)6-7-11(13-14)15-2;1-2-3-4-8-7-13-9(11-8)5-6-10(14)12-13;1-6-2-4-7(5-3-6)11(8,9)10;1-9-5-3-2-4(6)7-8-5/h8-10,12H,5-7,11,13H2,1-4H3,(H,21,25);5-7,9H,2-4,8,10,16H2,1H3;6-8H,3-5H2,1-2H3;5-7H,2-4H2,1H3,(H,12,14);2-5H,1H3,(H,8,9,10);2-3H,1H3,(H2,6,7)/b14-10+;11-7+;;;;. The van der Waals surface area contributed by atoms with Crippen LogP contribution in [0.5, 0.6) is 23.5 Å². The van der Waals surface area contributed by atoms with Crippen molar-refractivity contribution in [1.29, 1.82) is 0 Å². The van der Waals surface area contributed by atoms with Gasteiger partial charge < -0.3 is 40.5 Å². The second-order valence-corrected chi connectivity index (χ2v) is 23.9. The Kier molecular flexibility index (Phi) is 31.7. The quantitative estimate of drug-likeness (QED) is 0.0351. The zero-order valence-corrected chi connectivity index (χ0v) is 56.9. The molecule has 0 aliphatic heterocycles. The molecule has 1 aromatic carbocycles. The van der Waals surface area contributed by atoms with Gasteiger partial charge in [0.25, 0.3) is 15.7 Å². The number of anilines is 1. The third-order valence-corrected chi connectivity index (χ3v) is 14.1. The average Bonchev–Trinajstić information content (AvgIpc) is 1.71. The highest BCUT2D eigenvalue weighted by molar-refractivity contribution is 7.85. The van der Waals surface area contributed by atoms with Crippen LogP contribution in [0.15, 0.2) is 143 Å². The van der Waals surface area contributed by atoms with Crippen molar-refractivity contribution >= 4 is 44.6 Å². The van der Waals surface area contributed by atoms with E-state index >= 15 is 0 Å². The first-order valence-corrected chi connectivity index (χ1v) is 32.8. The summed E-state index contributed by atoms with van der Waals surface area (Å²) in [6.07, 6.45) is 20.8. The van der Waals surface area contributed by atoms with E-state index < -0.39 is 21.8 Å². The maximum Gasteiger partial charge on any atom is 0.407 e. The van der Waals surface area contributed by atoms with Crippen LogP contribution in [0.2, 0.25) is 0 Å². The maximum atomic E-state index is 13.1. The summed E-state index contributed by atoms with van der Waals surface area (Å²) in [6, 6.07) is 23.3. The number of aromatic nitrogens is 14. The number of methoxy groups -OCH3 is 2. The fraction of sp³-hybridized carbons (Fsp3) is 0.409. The lowest BCUT2D eigenvalue weighted by Crippen LogP contribution is -2.34. The molecule has 7 N–H and O–H groups in total. The lowest BCUT2D eigenvalue weighted by atomic mass is 10.2. The summed E-state index contributed by atoms with van der Waals surface area (Å²) in [5, 5.41) is 25.2. The van der Waals surface area contributed by atoms with Crippen molar-refractivity contribution in [1.82, 2.24) is 73.9 Å². The first kappa shape index (κ1) is 76.8. The smallest absolute Gasteiger partial charge is 0.407 e. The molecule has 0 bridgehead atoms. The van der Waals surface area contributed by atoms with Gasteiger partial charge in [0, 0.05) is 54.6 Å². The number of nitrogens with zero attached hydrogens (tertiary/aromatic N) is 13. The van der Waals surface area contributed by atoms with Gasteiger partial charge >= 0.3 is 6.09 Å². The van der Waals surface area contributed by atoms with Crippen LogP contribution in [0.1, 0.15) is 128 Å². The van der Waals surface area contributed by atoms with Crippen LogP contribution in [0, 0.1) is 6.92 Å². The summed E-state index contributed by atoms with van der Waals surface area (Å²) in [5.74, 6) is 2.25. The first-order valence-electron chi connectivity index (χ1n) is 31.4. The van der Waals surface area contributed by atoms with Gasteiger partial charge in [-0.05, 0) is 122 Å².